The van der Waals surface area contributed by atoms with Crippen LogP contribution in [0.3, 0.4) is 0 Å². The van der Waals surface area contributed by atoms with Gasteiger partial charge in [-0.25, -0.2) is 13.1 Å². The van der Waals surface area contributed by atoms with Crippen LogP contribution in [0.5, 0.6) is 0 Å². The summed E-state index contributed by atoms with van der Waals surface area (Å²) in [5.74, 6) is 0.455. The van der Waals surface area contributed by atoms with E-state index in [4.69, 9.17) is 0 Å². The molecule has 2 unspecified atom stereocenters. The number of rotatable bonds is 7. The summed E-state index contributed by atoms with van der Waals surface area (Å²) in [7, 11) is -3.41. The molecule has 1 aliphatic rings. The lowest BCUT2D eigenvalue weighted by Gasteiger charge is -2.14. The standard InChI is InChI=1S/C16H26N2O2S/c1-5-17-12(2)13-7-6-8-15(9-13)21(19,20)18-11-14-10-16(14,3)4/h6-9,12,14,17-18H,5,10-11H2,1-4H3. The highest BCUT2D eigenvalue weighted by molar-refractivity contribution is 7.89. The topological polar surface area (TPSA) is 58.2 Å². The molecule has 2 rings (SSSR count). The Bertz CT molecular complexity index is 596. The van der Waals surface area contributed by atoms with Gasteiger partial charge in [0.1, 0.15) is 0 Å². The fraction of sp³-hybridized carbons (Fsp3) is 0.625. The molecule has 0 aromatic heterocycles. The van der Waals surface area contributed by atoms with Crippen LogP contribution in [0.25, 0.3) is 0 Å². The van der Waals surface area contributed by atoms with Crippen LogP contribution in [0.15, 0.2) is 29.2 Å². The second-order valence-corrected chi connectivity index (χ2v) is 8.36. The predicted octanol–water partition coefficient (Wildman–Crippen LogP) is 2.68. The molecule has 0 radical (unpaired) electrons. The van der Waals surface area contributed by atoms with Gasteiger partial charge in [-0.2, -0.15) is 0 Å². The third kappa shape index (κ3) is 4.05. The van der Waals surface area contributed by atoms with Gasteiger partial charge in [0.25, 0.3) is 0 Å². The lowest BCUT2D eigenvalue weighted by atomic mass is 10.1. The van der Waals surface area contributed by atoms with E-state index in [0.29, 0.717) is 17.4 Å². The van der Waals surface area contributed by atoms with Crippen molar-refractivity contribution in [1.29, 1.82) is 0 Å². The van der Waals surface area contributed by atoms with E-state index in [0.717, 1.165) is 18.5 Å². The molecule has 1 aromatic rings. The van der Waals surface area contributed by atoms with Crippen LogP contribution in [-0.2, 0) is 10.0 Å². The van der Waals surface area contributed by atoms with Gasteiger partial charge >= 0.3 is 0 Å². The Morgan fingerprint density at radius 3 is 2.62 bits per heavy atom. The van der Waals surface area contributed by atoms with Gasteiger partial charge in [0, 0.05) is 12.6 Å². The zero-order valence-corrected chi connectivity index (χ0v) is 14.1. The SMILES string of the molecule is CCNC(C)c1cccc(S(=O)(=O)NCC2CC2(C)C)c1. The van der Waals surface area contributed by atoms with E-state index < -0.39 is 10.0 Å². The van der Waals surface area contributed by atoms with Crippen molar-refractivity contribution in [3.05, 3.63) is 29.8 Å². The maximum Gasteiger partial charge on any atom is 0.240 e. The van der Waals surface area contributed by atoms with E-state index >= 15 is 0 Å². The van der Waals surface area contributed by atoms with E-state index in [-0.39, 0.29) is 11.5 Å². The summed E-state index contributed by atoms with van der Waals surface area (Å²) < 4.78 is 27.5. The van der Waals surface area contributed by atoms with Crippen LogP contribution in [0.1, 0.15) is 45.7 Å². The van der Waals surface area contributed by atoms with Gasteiger partial charge in [0.05, 0.1) is 4.90 Å². The van der Waals surface area contributed by atoms with Crippen molar-refractivity contribution < 1.29 is 8.42 Å². The van der Waals surface area contributed by atoms with Crippen LogP contribution in [0.4, 0.5) is 0 Å². The van der Waals surface area contributed by atoms with Crippen LogP contribution in [-0.4, -0.2) is 21.5 Å². The van der Waals surface area contributed by atoms with Crippen LogP contribution in [0, 0.1) is 11.3 Å². The van der Waals surface area contributed by atoms with Gasteiger partial charge in [0.15, 0.2) is 0 Å². The third-order valence-corrected chi connectivity index (χ3v) is 5.84. The second kappa shape index (κ2) is 6.07. The summed E-state index contributed by atoms with van der Waals surface area (Å²) in [4.78, 5) is 0.350. The average Bonchev–Trinajstić information content (AvgIpc) is 3.05. The first-order valence-corrected chi connectivity index (χ1v) is 9.07. The molecular weight excluding hydrogens is 284 g/mol. The quantitative estimate of drug-likeness (QED) is 0.814. The van der Waals surface area contributed by atoms with Crippen molar-refractivity contribution in [2.24, 2.45) is 11.3 Å². The van der Waals surface area contributed by atoms with Gasteiger partial charge in [-0.15, -0.1) is 0 Å². The summed E-state index contributed by atoms with van der Waals surface area (Å²) in [6.45, 7) is 9.80. The summed E-state index contributed by atoms with van der Waals surface area (Å²) in [5.41, 5.74) is 1.27. The Balaban J connectivity index is 2.07. The van der Waals surface area contributed by atoms with Gasteiger partial charge in [-0.05, 0) is 48.9 Å². The van der Waals surface area contributed by atoms with Crippen molar-refractivity contribution in [1.82, 2.24) is 10.0 Å². The third-order valence-electron chi connectivity index (χ3n) is 4.42. The molecule has 0 heterocycles. The Labute approximate surface area is 128 Å². The summed E-state index contributed by atoms with van der Waals surface area (Å²) in [6, 6.07) is 7.32. The van der Waals surface area contributed by atoms with E-state index in [1.54, 1.807) is 18.2 Å². The number of sulfonamides is 1. The Morgan fingerprint density at radius 1 is 1.38 bits per heavy atom. The molecule has 0 amide bonds. The molecule has 1 fully saturated rings. The Morgan fingerprint density at radius 2 is 2.05 bits per heavy atom. The molecule has 0 spiro atoms. The van der Waals surface area contributed by atoms with Gasteiger partial charge in [0.2, 0.25) is 10.0 Å². The maximum absolute atomic E-state index is 12.4. The molecule has 5 heteroatoms. The molecule has 0 aliphatic heterocycles. The number of hydrogen-bond donors (Lipinski definition) is 2. The summed E-state index contributed by atoms with van der Waals surface area (Å²) >= 11 is 0. The van der Waals surface area contributed by atoms with Gasteiger partial charge in [-0.1, -0.05) is 32.9 Å². The molecule has 1 saturated carbocycles. The van der Waals surface area contributed by atoms with E-state index in [1.807, 2.05) is 19.9 Å². The minimum Gasteiger partial charge on any atom is -0.310 e. The lowest BCUT2D eigenvalue weighted by Crippen LogP contribution is -2.27. The van der Waals surface area contributed by atoms with Crippen molar-refractivity contribution in [2.45, 2.75) is 45.1 Å². The highest BCUT2D eigenvalue weighted by atomic mass is 32.2. The predicted molar refractivity (Wildman–Crippen MR) is 85.6 cm³/mol. The van der Waals surface area contributed by atoms with E-state index in [1.165, 1.54) is 0 Å². The minimum atomic E-state index is -3.41. The smallest absolute Gasteiger partial charge is 0.240 e. The monoisotopic (exact) mass is 310 g/mol. The second-order valence-electron chi connectivity index (χ2n) is 6.59. The van der Waals surface area contributed by atoms with Crippen LogP contribution >= 0.6 is 0 Å². The molecule has 1 aromatic carbocycles. The first-order valence-electron chi connectivity index (χ1n) is 7.59. The molecule has 4 nitrogen and oxygen atoms in total. The largest absolute Gasteiger partial charge is 0.310 e. The van der Waals surface area contributed by atoms with Crippen molar-refractivity contribution >= 4 is 10.0 Å². The average molecular weight is 310 g/mol. The molecule has 21 heavy (non-hydrogen) atoms. The van der Waals surface area contributed by atoms with Crippen molar-refractivity contribution in [3.63, 3.8) is 0 Å². The van der Waals surface area contributed by atoms with Crippen LogP contribution < -0.4 is 10.0 Å². The van der Waals surface area contributed by atoms with E-state index in [2.05, 4.69) is 23.9 Å². The molecule has 118 valence electrons. The van der Waals surface area contributed by atoms with Gasteiger partial charge < -0.3 is 5.32 Å². The van der Waals surface area contributed by atoms with E-state index in [9.17, 15) is 8.42 Å². The fourth-order valence-corrected chi connectivity index (χ4v) is 3.73. The van der Waals surface area contributed by atoms with Gasteiger partial charge in [-0.3, -0.25) is 0 Å². The normalized spacial score (nSPS) is 22.0. The minimum absolute atomic E-state index is 0.146. The fourth-order valence-electron chi connectivity index (χ4n) is 2.59. The molecule has 1 aliphatic carbocycles. The Hall–Kier alpha value is -0.910. The van der Waals surface area contributed by atoms with Crippen molar-refractivity contribution in [3.8, 4) is 0 Å². The zero-order valence-electron chi connectivity index (χ0n) is 13.3. The highest BCUT2D eigenvalue weighted by Crippen LogP contribution is 2.51. The molecule has 2 atom stereocenters. The first-order chi connectivity index (χ1) is 9.76. The number of benzene rings is 1. The molecule has 0 saturated heterocycles. The zero-order chi connectivity index (χ0) is 15.7. The summed E-state index contributed by atoms with van der Waals surface area (Å²) in [6.07, 6.45) is 1.09. The first kappa shape index (κ1) is 16.5. The Kier molecular flexibility index (Phi) is 4.76. The maximum atomic E-state index is 12.4. The summed E-state index contributed by atoms with van der Waals surface area (Å²) in [5, 5.41) is 3.30. The van der Waals surface area contributed by atoms with Crippen molar-refractivity contribution in [2.75, 3.05) is 13.1 Å². The number of hydrogen-bond acceptors (Lipinski definition) is 3. The lowest BCUT2D eigenvalue weighted by molar-refractivity contribution is 0.537. The molecule has 2 N–H and O–H groups in total. The molecule has 0 bridgehead atoms. The van der Waals surface area contributed by atoms with Crippen LogP contribution in [0.2, 0.25) is 0 Å². The molecular formula is C16H26N2O2S. The highest BCUT2D eigenvalue weighted by Gasteiger charge is 2.45. The number of nitrogens with one attached hydrogen (secondary N) is 2.